The fourth-order valence-corrected chi connectivity index (χ4v) is 4.27. The number of benzene rings is 2. The minimum absolute atomic E-state index is 0.177. The summed E-state index contributed by atoms with van der Waals surface area (Å²) in [5.74, 6) is 0.977. The lowest BCUT2D eigenvalue weighted by molar-refractivity contribution is 0.107. The second kappa shape index (κ2) is 8.91. The molecule has 0 aliphatic carbocycles. The number of nitrogens with two attached hydrogens (primary N) is 4. The van der Waals surface area contributed by atoms with E-state index in [4.69, 9.17) is 27.7 Å². The highest BCUT2D eigenvalue weighted by atomic mass is 16.5. The van der Waals surface area contributed by atoms with Crippen LogP contribution in [-0.2, 0) is 18.0 Å². The minimum Gasteiger partial charge on any atom is -0.372 e. The molecule has 0 unspecified atom stereocenters. The number of rotatable bonds is 6. The number of ether oxygens (including phenoxy) is 1. The van der Waals surface area contributed by atoms with Gasteiger partial charge in [0.1, 0.15) is 11.3 Å². The number of anilines is 2. The molecular formula is C24H32N10O. The predicted molar refractivity (Wildman–Crippen MR) is 141 cm³/mol. The van der Waals surface area contributed by atoms with Crippen LogP contribution in [0, 0.1) is 0 Å². The fraction of sp³-hybridized carbons (Fsp3) is 0.333. The smallest absolute Gasteiger partial charge is 0.220 e. The van der Waals surface area contributed by atoms with Crippen LogP contribution in [0.1, 0.15) is 38.8 Å². The standard InChI is InChI=1S/C24H32N10O/c1-23(2)31-19(25)29-21(27)33(23)17-9-5-15(6-10-17)13-35-14-16-7-11-18(12-8-16)34-22(28)30-20(26)32-24(34,3)4/h5-12H,13-14H2,1-4H3,(H4,25,27,29,31)(H4,26,28,30,32). The van der Waals surface area contributed by atoms with Gasteiger partial charge in [-0.2, -0.15) is 9.98 Å². The van der Waals surface area contributed by atoms with Gasteiger partial charge >= 0.3 is 0 Å². The van der Waals surface area contributed by atoms with Crippen molar-refractivity contribution in [2.24, 2.45) is 42.9 Å². The molecule has 2 heterocycles. The highest BCUT2D eigenvalue weighted by molar-refractivity contribution is 6.06. The van der Waals surface area contributed by atoms with Crippen molar-refractivity contribution in [3.05, 3.63) is 59.7 Å². The van der Waals surface area contributed by atoms with Crippen molar-refractivity contribution < 1.29 is 4.74 Å². The number of guanidine groups is 4. The number of hydrogen-bond donors (Lipinski definition) is 4. The van der Waals surface area contributed by atoms with Crippen LogP contribution in [0.15, 0.2) is 68.5 Å². The summed E-state index contributed by atoms with van der Waals surface area (Å²) in [6, 6.07) is 15.9. The molecule has 0 bridgehead atoms. The zero-order chi connectivity index (χ0) is 25.4. The van der Waals surface area contributed by atoms with Crippen molar-refractivity contribution in [1.82, 2.24) is 0 Å². The van der Waals surface area contributed by atoms with Crippen LogP contribution in [0.5, 0.6) is 0 Å². The summed E-state index contributed by atoms with van der Waals surface area (Å²) in [6.07, 6.45) is 0. The summed E-state index contributed by atoms with van der Waals surface area (Å²) < 4.78 is 5.93. The van der Waals surface area contributed by atoms with Crippen LogP contribution >= 0.6 is 0 Å². The van der Waals surface area contributed by atoms with Gasteiger partial charge < -0.3 is 27.7 Å². The van der Waals surface area contributed by atoms with Gasteiger partial charge in [0.2, 0.25) is 23.8 Å². The number of aliphatic imine (C=N–C) groups is 4. The Balaban J connectivity index is 1.35. The SMILES string of the molecule is CC1(C)N=C(N)N=C(N)N1c1ccc(COCc2ccc(N3C(N)=NC(N)=NC3(C)C)cc2)cc1. The van der Waals surface area contributed by atoms with Crippen molar-refractivity contribution in [1.29, 1.82) is 0 Å². The monoisotopic (exact) mass is 476 g/mol. The molecule has 0 atom stereocenters. The van der Waals surface area contributed by atoms with Crippen LogP contribution in [0.25, 0.3) is 0 Å². The van der Waals surface area contributed by atoms with Gasteiger partial charge in [0.15, 0.2) is 0 Å². The summed E-state index contributed by atoms with van der Waals surface area (Å²) in [4.78, 5) is 20.6. The van der Waals surface area contributed by atoms with Gasteiger partial charge in [0.05, 0.1) is 13.2 Å². The summed E-state index contributed by atoms with van der Waals surface area (Å²) in [7, 11) is 0. The zero-order valence-electron chi connectivity index (χ0n) is 20.4. The minimum atomic E-state index is -0.626. The summed E-state index contributed by atoms with van der Waals surface area (Å²) in [5, 5.41) is 0. The third-order valence-electron chi connectivity index (χ3n) is 5.71. The fourth-order valence-electron chi connectivity index (χ4n) is 4.27. The first-order valence-corrected chi connectivity index (χ1v) is 11.2. The van der Waals surface area contributed by atoms with Crippen LogP contribution < -0.4 is 32.7 Å². The molecule has 184 valence electrons. The molecule has 2 aromatic carbocycles. The van der Waals surface area contributed by atoms with E-state index >= 15 is 0 Å². The van der Waals surface area contributed by atoms with E-state index in [9.17, 15) is 0 Å². The Hall–Kier alpha value is -4.12. The van der Waals surface area contributed by atoms with Gasteiger partial charge in [-0.1, -0.05) is 24.3 Å². The maximum Gasteiger partial charge on any atom is 0.220 e. The van der Waals surface area contributed by atoms with E-state index in [2.05, 4.69) is 20.0 Å². The second-order valence-corrected chi connectivity index (χ2v) is 9.37. The largest absolute Gasteiger partial charge is 0.372 e. The molecule has 11 nitrogen and oxygen atoms in total. The van der Waals surface area contributed by atoms with Gasteiger partial charge in [-0.05, 0) is 63.1 Å². The molecule has 0 radical (unpaired) electrons. The first kappa shape index (κ1) is 24.0. The third kappa shape index (κ3) is 5.04. The molecule has 2 aliphatic rings. The van der Waals surface area contributed by atoms with Crippen LogP contribution in [-0.4, -0.2) is 35.2 Å². The molecule has 11 heteroatoms. The molecule has 0 saturated carbocycles. The molecule has 8 N–H and O–H groups in total. The highest BCUT2D eigenvalue weighted by Gasteiger charge is 2.33. The second-order valence-electron chi connectivity index (χ2n) is 9.37. The Labute approximate surface area is 204 Å². The van der Waals surface area contributed by atoms with Gasteiger partial charge in [-0.15, -0.1) is 0 Å². The van der Waals surface area contributed by atoms with E-state index in [1.807, 2.05) is 86.0 Å². The van der Waals surface area contributed by atoms with Crippen molar-refractivity contribution in [2.45, 2.75) is 52.2 Å². The predicted octanol–water partition coefficient (Wildman–Crippen LogP) is 1.77. The Kier molecular flexibility index (Phi) is 6.12. The lowest BCUT2D eigenvalue weighted by Crippen LogP contribution is -2.54. The zero-order valence-corrected chi connectivity index (χ0v) is 20.4. The topological polar surface area (TPSA) is 169 Å². The average molecular weight is 477 g/mol. The van der Waals surface area contributed by atoms with Gasteiger partial charge in [0.25, 0.3) is 0 Å². The molecule has 0 spiro atoms. The summed E-state index contributed by atoms with van der Waals surface area (Å²) in [5.41, 5.74) is 26.3. The number of nitrogens with zero attached hydrogens (tertiary/aromatic N) is 6. The van der Waals surface area contributed by atoms with Crippen LogP contribution in [0.4, 0.5) is 11.4 Å². The normalized spacial score (nSPS) is 19.0. The van der Waals surface area contributed by atoms with E-state index in [1.54, 1.807) is 0 Å². The van der Waals surface area contributed by atoms with E-state index in [0.29, 0.717) is 25.1 Å². The quantitative estimate of drug-likeness (QED) is 0.492. The molecule has 0 fully saturated rings. The average Bonchev–Trinajstić information content (AvgIpc) is 2.73. The molecule has 2 aliphatic heterocycles. The molecule has 0 saturated heterocycles. The Bertz CT molecular complexity index is 1110. The molecule has 35 heavy (non-hydrogen) atoms. The van der Waals surface area contributed by atoms with E-state index in [1.165, 1.54) is 0 Å². The maximum absolute atomic E-state index is 6.11. The molecule has 0 aromatic heterocycles. The van der Waals surface area contributed by atoms with Gasteiger partial charge in [-0.25, -0.2) is 9.98 Å². The van der Waals surface area contributed by atoms with E-state index in [-0.39, 0.29) is 11.9 Å². The van der Waals surface area contributed by atoms with Crippen molar-refractivity contribution >= 4 is 35.2 Å². The lowest BCUT2D eigenvalue weighted by atomic mass is 10.1. The Morgan fingerprint density at radius 3 is 1.29 bits per heavy atom. The van der Waals surface area contributed by atoms with Crippen molar-refractivity contribution in [3.8, 4) is 0 Å². The van der Waals surface area contributed by atoms with Gasteiger partial charge in [-0.3, -0.25) is 9.80 Å². The molecule has 4 rings (SSSR count). The Morgan fingerprint density at radius 1 is 0.629 bits per heavy atom. The van der Waals surface area contributed by atoms with Crippen LogP contribution in [0.3, 0.4) is 0 Å². The van der Waals surface area contributed by atoms with Gasteiger partial charge in [0, 0.05) is 11.4 Å². The van der Waals surface area contributed by atoms with Crippen molar-refractivity contribution in [2.75, 3.05) is 9.80 Å². The molecule has 0 amide bonds. The van der Waals surface area contributed by atoms with E-state index < -0.39 is 11.3 Å². The number of hydrogen-bond acceptors (Lipinski definition) is 11. The van der Waals surface area contributed by atoms with Crippen molar-refractivity contribution in [3.63, 3.8) is 0 Å². The summed E-state index contributed by atoms with van der Waals surface area (Å²) >= 11 is 0. The molecular weight excluding hydrogens is 444 g/mol. The highest BCUT2D eigenvalue weighted by Crippen LogP contribution is 2.29. The molecule has 2 aromatic rings. The lowest BCUT2D eigenvalue weighted by Gasteiger charge is -2.38. The first-order valence-electron chi connectivity index (χ1n) is 11.2. The maximum atomic E-state index is 6.11. The van der Waals surface area contributed by atoms with E-state index in [0.717, 1.165) is 22.5 Å². The van der Waals surface area contributed by atoms with Crippen LogP contribution in [0.2, 0.25) is 0 Å². The first-order chi connectivity index (χ1) is 16.5. The summed E-state index contributed by atoms with van der Waals surface area (Å²) in [6.45, 7) is 8.65. The third-order valence-corrected chi connectivity index (χ3v) is 5.71. The Morgan fingerprint density at radius 2 is 0.971 bits per heavy atom.